The molecule has 0 saturated carbocycles. The van der Waals surface area contributed by atoms with Crippen molar-refractivity contribution < 1.29 is 23.8 Å². The summed E-state index contributed by atoms with van der Waals surface area (Å²) in [5, 5.41) is 0. The summed E-state index contributed by atoms with van der Waals surface area (Å²) < 4.78 is 16.4. The first-order valence-corrected chi connectivity index (χ1v) is 8.71. The van der Waals surface area contributed by atoms with E-state index in [0.29, 0.717) is 17.1 Å². The third-order valence-electron chi connectivity index (χ3n) is 3.79. The van der Waals surface area contributed by atoms with E-state index in [1.54, 1.807) is 45.0 Å². The van der Waals surface area contributed by atoms with Gasteiger partial charge in [0.15, 0.2) is 12.4 Å². The number of esters is 1. The number of aryl methyl sites for hydroxylation is 1. The zero-order valence-corrected chi connectivity index (χ0v) is 15.9. The van der Waals surface area contributed by atoms with E-state index >= 15 is 0 Å². The number of carbonyl (C=O) groups excluding carboxylic acids is 2. The van der Waals surface area contributed by atoms with E-state index in [0.717, 1.165) is 11.1 Å². The Morgan fingerprint density at radius 2 is 1.81 bits per heavy atom. The fourth-order valence-electron chi connectivity index (χ4n) is 2.58. The molecule has 0 spiro atoms. The van der Waals surface area contributed by atoms with Crippen molar-refractivity contribution in [2.24, 2.45) is 0 Å². The topological polar surface area (TPSA) is 61.8 Å². The Hall–Kier alpha value is -3.08. The van der Waals surface area contributed by atoms with Gasteiger partial charge in [0.25, 0.3) is 0 Å². The summed E-state index contributed by atoms with van der Waals surface area (Å²) in [4.78, 5) is 24.2. The van der Waals surface area contributed by atoms with Crippen LogP contribution in [-0.2, 0) is 9.53 Å². The number of fused-ring (bicyclic) bond motifs is 1. The third kappa shape index (κ3) is 4.76. The smallest absolute Gasteiger partial charge is 0.344 e. The fourth-order valence-corrected chi connectivity index (χ4v) is 2.58. The van der Waals surface area contributed by atoms with Gasteiger partial charge in [0, 0.05) is 6.07 Å². The monoisotopic (exact) mass is 366 g/mol. The summed E-state index contributed by atoms with van der Waals surface area (Å²) in [5.74, 6) is 0.478. The molecule has 0 saturated heterocycles. The van der Waals surface area contributed by atoms with Gasteiger partial charge in [-0.2, -0.15) is 0 Å². The van der Waals surface area contributed by atoms with E-state index in [2.05, 4.69) is 0 Å². The fraction of sp³-hybridized carbons (Fsp3) is 0.273. The van der Waals surface area contributed by atoms with Crippen LogP contribution in [0.1, 0.15) is 42.3 Å². The molecular formula is C22H22O5. The predicted molar refractivity (Wildman–Crippen MR) is 102 cm³/mol. The zero-order chi connectivity index (χ0) is 19.6. The molecular weight excluding hydrogens is 344 g/mol. The summed E-state index contributed by atoms with van der Waals surface area (Å²) in [6.07, 6.45) is 1.71. The van der Waals surface area contributed by atoms with Crippen molar-refractivity contribution in [2.45, 2.75) is 33.3 Å². The second-order valence-corrected chi connectivity index (χ2v) is 7.38. The van der Waals surface area contributed by atoms with Crippen molar-refractivity contribution in [1.82, 2.24) is 0 Å². The zero-order valence-electron chi connectivity index (χ0n) is 15.9. The minimum Gasteiger partial charge on any atom is -0.482 e. The van der Waals surface area contributed by atoms with Gasteiger partial charge < -0.3 is 14.2 Å². The van der Waals surface area contributed by atoms with Gasteiger partial charge in [0.1, 0.15) is 17.1 Å². The van der Waals surface area contributed by atoms with Crippen LogP contribution in [0.2, 0.25) is 0 Å². The van der Waals surface area contributed by atoms with Crippen LogP contribution in [0, 0.1) is 6.92 Å². The first kappa shape index (κ1) is 18.7. The van der Waals surface area contributed by atoms with Crippen LogP contribution in [0.3, 0.4) is 0 Å². The molecule has 1 aliphatic rings. The van der Waals surface area contributed by atoms with E-state index in [4.69, 9.17) is 14.2 Å². The molecule has 0 bridgehead atoms. The Bertz CT molecular complexity index is 901. The van der Waals surface area contributed by atoms with Gasteiger partial charge in [-0.05, 0) is 51.5 Å². The molecule has 0 fully saturated rings. The molecule has 2 aromatic rings. The number of ketones is 1. The van der Waals surface area contributed by atoms with Crippen LogP contribution in [-0.4, -0.2) is 24.0 Å². The maximum Gasteiger partial charge on any atom is 0.344 e. The molecule has 140 valence electrons. The van der Waals surface area contributed by atoms with Gasteiger partial charge in [-0.15, -0.1) is 0 Å². The van der Waals surface area contributed by atoms with Crippen molar-refractivity contribution in [2.75, 3.05) is 6.61 Å². The van der Waals surface area contributed by atoms with Crippen LogP contribution in [0.25, 0.3) is 6.08 Å². The van der Waals surface area contributed by atoms with Crippen molar-refractivity contribution in [3.63, 3.8) is 0 Å². The van der Waals surface area contributed by atoms with Crippen LogP contribution in [0.5, 0.6) is 11.5 Å². The van der Waals surface area contributed by atoms with Gasteiger partial charge in [-0.3, -0.25) is 4.79 Å². The molecule has 0 N–H and O–H groups in total. The van der Waals surface area contributed by atoms with Crippen LogP contribution in [0.4, 0.5) is 0 Å². The van der Waals surface area contributed by atoms with Crippen molar-refractivity contribution in [1.29, 1.82) is 0 Å². The Morgan fingerprint density at radius 3 is 2.48 bits per heavy atom. The summed E-state index contributed by atoms with van der Waals surface area (Å²) in [6.45, 7) is 7.17. The largest absolute Gasteiger partial charge is 0.482 e. The summed E-state index contributed by atoms with van der Waals surface area (Å²) >= 11 is 0. The first-order valence-electron chi connectivity index (χ1n) is 8.71. The predicted octanol–water partition coefficient (Wildman–Crippen LogP) is 4.33. The molecule has 2 aromatic carbocycles. The van der Waals surface area contributed by atoms with Gasteiger partial charge in [-0.25, -0.2) is 4.79 Å². The molecule has 1 aliphatic heterocycles. The Balaban J connectivity index is 1.70. The van der Waals surface area contributed by atoms with E-state index in [-0.39, 0.29) is 18.1 Å². The lowest BCUT2D eigenvalue weighted by molar-refractivity contribution is -0.157. The van der Waals surface area contributed by atoms with Crippen LogP contribution < -0.4 is 9.47 Å². The molecule has 0 radical (unpaired) electrons. The molecule has 0 amide bonds. The third-order valence-corrected chi connectivity index (χ3v) is 3.79. The minimum atomic E-state index is -0.566. The lowest BCUT2D eigenvalue weighted by Gasteiger charge is -2.19. The summed E-state index contributed by atoms with van der Waals surface area (Å²) in [5.41, 5.74) is 1.94. The van der Waals surface area contributed by atoms with Crippen molar-refractivity contribution in [3.05, 3.63) is 64.9 Å². The highest BCUT2D eigenvalue weighted by atomic mass is 16.6. The highest BCUT2D eigenvalue weighted by Gasteiger charge is 2.28. The number of Topliss-reactive ketones (excluding diaryl/α,β-unsaturated/α-hetero) is 1. The average Bonchev–Trinajstić information content (AvgIpc) is 2.89. The number of rotatable bonds is 4. The average molecular weight is 366 g/mol. The Kier molecular flexibility index (Phi) is 5.04. The van der Waals surface area contributed by atoms with Gasteiger partial charge >= 0.3 is 5.97 Å². The Morgan fingerprint density at radius 1 is 1.11 bits per heavy atom. The van der Waals surface area contributed by atoms with E-state index in [1.807, 2.05) is 31.2 Å². The molecule has 5 heteroatoms. The summed E-state index contributed by atoms with van der Waals surface area (Å²) in [6, 6.07) is 12.7. The van der Waals surface area contributed by atoms with E-state index in [1.165, 1.54) is 0 Å². The minimum absolute atomic E-state index is 0.177. The highest BCUT2D eigenvalue weighted by molar-refractivity contribution is 6.14. The molecule has 3 rings (SSSR count). The lowest BCUT2D eigenvalue weighted by Crippen LogP contribution is -2.27. The maximum atomic E-state index is 12.5. The second kappa shape index (κ2) is 7.27. The number of ether oxygens (including phenoxy) is 3. The Labute approximate surface area is 158 Å². The molecule has 5 nitrogen and oxygen atoms in total. The number of benzene rings is 2. The van der Waals surface area contributed by atoms with E-state index in [9.17, 15) is 9.59 Å². The number of hydrogen-bond acceptors (Lipinski definition) is 5. The highest BCUT2D eigenvalue weighted by Crippen LogP contribution is 2.34. The first-order chi connectivity index (χ1) is 12.7. The van der Waals surface area contributed by atoms with E-state index < -0.39 is 11.6 Å². The maximum absolute atomic E-state index is 12.5. The molecule has 0 aliphatic carbocycles. The molecule has 1 heterocycles. The van der Waals surface area contributed by atoms with Crippen LogP contribution in [0.15, 0.2) is 48.2 Å². The van der Waals surface area contributed by atoms with Gasteiger partial charge in [0.2, 0.25) is 5.78 Å². The lowest BCUT2D eigenvalue weighted by atomic mass is 10.1. The number of allylic oxidation sites excluding steroid dienone is 1. The van der Waals surface area contributed by atoms with Crippen LogP contribution >= 0.6 is 0 Å². The van der Waals surface area contributed by atoms with Gasteiger partial charge in [-0.1, -0.05) is 29.8 Å². The molecule has 0 unspecified atom stereocenters. The molecule has 0 aromatic heterocycles. The quantitative estimate of drug-likeness (QED) is 0.595. The molecule has 27 heavy (non-hydrogen) atoms. The second-order valence-electron chi connectivity index (χ2n) is 7.38. The normalized spacial score (nSPS) is 14.7. The van der Waals surface area contributed by atoms with Gasteiger partial charge in [0.05, 0.1) is 5.56 Å². The van der Waals surface area contributed by atoms with Crippen molar-refractivity contribution in [3.8, 4) is 11.5 Å². The molecule has 0 atom stereocenters. The number of hydrogen-bond donors (Lipinski definition) is 0. The summed E-state index contributed by atoms with van der Waals surface area (Å²) in [7, 11) is 0. The standard InChI is InChI=1S/C22H22O5/c1-14-5-7-15(8-6-14)11-19-21(24)17-10-9-16(12-18(17)26-19)25-13-20(23)27-22(2,3)4/h5-12H,13H2,1-4H3/b19-11-. The SMILES string of the molecule is Cc1ccc(/C=C2\Oc3cc(OCC(=O)OC(C)(C)C)ccc3C2=O)cc1. The number of carbonyl (C=O) groups is 2. The van der Waals surface area contributed by atoms with Crippen molar-refractivity contribution >= 4 is 17.8 Å².